The van der Waals surface area contributed by atoms with Crippen LogP contribution in [0.2, 0.25) is 5.15 Å². The van der Waals surface area contributed by atoms with Crippen molar-refractivity contribution in [1.82, 2.24) is 9.97 Å². The lowest BCUT2D eigenvalue weighted by molar-refractivity contribution is 0.592. The van der Waals surface area contributed by atoms with Gasteiger partial charge in [-0.05, 0) is 19.8 Å². The number of nitrogens with one attached hydrogen (secondary N) is 1. The Hall–Kier alpha value is -0.830. The first kappa shape index (κ1) is 16.2. The van der Waals surface area contributed by atoms with E-state index in [2.05, 4.69) is 36.1 Å². The molecular weight excluding hydrogens is 258 g/mol. The van der Waals surface area contributed by atoms with Crippen LogP contribution in [-0.4, -0.2) is 16.0 Å². The SMILES string of the molecule is CCCCCCC(C)Nc1cc(Cl)nc(CCC)n1. The molecular formula is C15H26ClN3. The van der Waals surface area contributed by atoms with Gasteiger partial charge in [-0.3, -0.25) is 0 Å². The number of hydrogen-bond acceptors (Lipinski definition) is 3. The summed E-state index contributed by atoms with van der Waals surface area (Å²) >= 11 is 6.02. The van der Waals surface area contributed by atoms with Gasteiger partial charge in [-0.15, -0.1) is 0 Å². The van der Waals surface area contributed by atoms with Crippen LogP contribution in [0.25, 0.3) is 0 Å². The molecule has 1 N–H and O–H groups in total. The molecule has 0 aliphatic heterocycles. The lowest BCUT2D eigenvalue weighted by Gasteiger charge is -2.15. The summed E-state index contributed by atoms with van der Waals surface area (Å²) in [6.07, 6.45) is 8.27. The molecule has 0 aliphatic carbocycles. The number of aryl methyl sites for hydroxylation is 1. The summed E-state index contributed by atoms with van der Waals surface area (Å²) in [7, 11) is 0. The largest absolute Gasteiger partial charge is 0.367 e. The Kier molecular flexibility index (Phi) is 7.80. The Morgan fingerprint density at radius 1 is 1.16 bits per heavy atom. The highest BCUT2D eigenvalue weighted by atomic mass is 35.5. The van der Waals surface area contributed by atoms with E-state index in [1.54, 1.807) is 0 Å². The molecule has 1 heterocycles. The number of aromatic nitrogens is 2. The summed E-state index contributed by atoms with van der Waals surface area (Å²) in [6, 6.07) is 2.24. The first-order valence-corrected chi connectivity index (χ1v) is 7.83. The molecule has 0 fully saturated rings. The van der Waals surface area contributed by atoms with Crippen molar-refractivity contribution >= 4 is 17.4 Å². The van der Waals surface area contributed by atoms with Crippen molar-refractivity contribution in [3.63, 3.8) is 0 Å². The molecule has 1 atom stereocenters. The smallest absolute Gasteiger partial charge is 0.134 e. The number of unbranched alkanes of at least 4 members (excludes halogenated alkanes) is 3. The standard InChI is InChI=1S/C15H26ClN3/c1-4-6-7-8-10-12(3)17-15-11-13(16)18-14(19-15)9-5-2/h11-12H,4-10H2,1-3H3,(H,17,18,19). The third kappa shape index (κ3) is 6.76. The predicted octanol–water partition coefficient (Wildman–Crippen LogP) is 4.85. The van der Waals surface area contributed by atoms with Crippen molar-refractivity contribution in [2.45, 2.75) is 71.8 Å². The van der Waals surface area contributed by atoms with E-state index in [9.17, 15) is 0 Å². The zero-order chi connectivity index (χ0) is 14.1. The summed E-state index contributed by atoms with van der Waals surface area (Å²) in [6.45, 7) is 6.55. The minimum atomic E-state index is 0.428. The summed E-state index contributed by atoms with van der Waals surface area (Å²) in [5, 5.41) is 3.95. The summed E-state index contributed by atoms with van der Waals surface area (Å²) in [5.41, 5.74) is 0. The van der Waals surface area contributed by atoms with Crippen LogP contribution in [0.3, 0.4) is 0 Å². The minimum Gasteiger partial charge on any atom is -0.367 e. The van der Waals surface area contributed by atoms with Crippen molar-refractivity contribution in [3.05, 3.63) is 17.0 Å². The molecule has 3 nitrogen and oxygen atoms in total. The maximum absolute atomic E-state index is 6.02. The van der Waals surface area contributed by atoms with E-state index in [0.717, 1.165) is 24.5 Å². The average Bonchev–Trinajstić information content (AvgIpc) is 2.34. The summed E-state index contributed by atoms with van der Waals surface area (Å²) in [5.74, 6) is 1.68. The summed E-state index contributed by atoms with van der Waals surface area (Å²) in [4.78, 5) is 8.73. The lowest BCUT2D eigenvalue weighted by Crippen LogP contribution is -2.16. The highest BCUT2D eigenvalue weighted by molar-refractivity contribution is 6.29. The van der Waals surface area contributed by atoms with Crippen LogP contribution in [-0.2, 0) is 6.42 Å². The van der Waals surface area contributed by atoms with Crippen molar-refractivity contribution in [1.29, 1.82) is 0 Å². The second-order valence-corrected chi connectivity index (χ2v) is 5.52. The van der Waals surface area contributed by atoms with Crippen molar-refractivity contribution in [3.8, 4) is 0 Å². The van der Waals surface area contributed by atoms with Gasteiger partial charge in [0.1, 0.15) is 16.8 Å². The quantitative estimate of drug-likeness (QED) is 0.520. The van der Waals surface area contributed by atoms with E-state index in [4.69, 9.17) is 11.6 Å². The van der Waals surface area contributed by atoms with E-state index >= 15 is 0 Å². The number of rotatable bonds is 9. The van der Waals surface area contributed by atoms with Gasteiger partial charge in [0.25, 0.3) is 0 Å². The molecule has 0 saturated carbocycles. The minimum absolute atomic E-state index is 0.428. The molecule has 1 aromatic rings. The van der Waals surface area contributed by atoms with E-state index in [-0.39, 0.29) is 0 Å². The molecule has 0 amide bonds. The molecule has 1 aromatic heterocycles. The van der Waals surface area contributed by atoms with Gasteiger partial charge in [0, 0.05) is 18.5 Å². The van der Waals surface area contributed by atoms with Gasteiger partial charge in [0.05, 0.1) is 0 Å². The number of hydrogen-bond donors (Lipinski definition) is 1. The van der Waals surface area contributed by atoms with Gasteiger partial charge in [0.15, 0.2) is 0 Å². The number of nitrogens with zero attached hydrogens (tertiary/aromatic N) is 2. The van der Waals surface area contributed by atoms with Crippen LogP contribution < -0.4 is 5.32 Å². The van der Waals surface area contributed by atoms with E-state index in [1.807, 2.05) is 6.07 Å². The van der Waals surface area contributed by atoms with Gasteiger partial charge < -0.3 is 5.32 Å². The molecule has 4 heteroatoms. The maximum atomic E-state index is 6.02. The monoisotopic (exact) mass is 283 g/mol. The Morgan fingerprint density at radius 2 is 1.95 bits per heavy atom. The molecule has 1 unspecified atom stereocenters. The molecule has 19 heavy (non-hydrogen) atoms. The highest BCUT2D eigenvalue weighted by Gasteiger charge is 2.06. The lowest BCUT2D eigenvalue weighted by atomic mass is 10.1. The fourth-order valence-electron chi connectivity index (χ4n) is 2.08. The van der Waals surface area contributed by atoms with Gasteiger partial charge in [-0.2, -0.15) is 0 Å². The van der Waals surface area contributed by atoms with Crippen molar-refractivity contribution in [2.75, 3.05) is 5.32 Å². The second-order valence-electron chi connectivity index (χ2n) is 5.14. The van der Waals surface area contributed by atoms with E-state index in [0.29, 0.717) is 11.2 Å². The van der Waals surface area contributed by atoms with Crippen molar-refractivity contribution in [2.24, 2.45) is 0 Å². The first-order valence-electron chi connectivity index (χ1n) is 7.45. The Bertz CT molecular complexity index is 368. The zero-order valence-corrected chi connectivity index (χ0v) is 13.1. The fraction of sp³-hybridized carbons (Fsp3) is 0.733. The van der Waals surface area contributed by atoms with Gasteiger partial charge in [-0.25, -0.2) is 9.97 Å². The molecule has 108 valence electrons. The van der Waals surface area contributed by atoms with Crippen LogP contribution in [0.15, 0.2) is 6.07 Å². The predicted molar refractivity (Wildman–Crippen MR) is 82.9 cm³/mol. The number of anilines is 1. The van der Waals surface area contributed by atoms with Gasteiger partial charge in [-0.1, -0.05) is 51.1 Å². The van der Waals surface area contributed by atoms with Crippen LogP contribution in [0.5, 0.6) is 0 Å². The van der Waals surface area contributed by atoms with Gasteiger partial charge in [0.2, 0.25) is 0 Å². The van der Waals surface area contributed by atoms with Crippen molar-refractivity contribution < 1.29 is 0 Å². The Labute approximate surface area is 122 Å². The summed E-state index contributed by atoms with van der Waals surface area (Å²) < 4.78 is 0. The maximum Gasteiger partial charge on any atom is 0.134 e. The highest BCUT2D eigenvalue weighted by Crippen LogP contribution is 2.15. The topological polar surface area (TPSA) is 37.8 Å². The van der Waals surface area contributed by atoms with E-state index < -0.39 is 0 Å². The fourth-order valence-corrected chi connectivity index (χ4v) is 2.28. The molecule has 0 spiro atoms. The van der Waals surface area contributed by atoms with E-state index in [1.165, 1.54) is 32.1 Å². The zero-order valence-electron chi connectivity index (χ0n) is 12.4. The first-order chi connectivity index (χ1) is 9.15. The molecule has 0 aromatic carbocycles. The second kappa shape index (κ2) is 9.13. The molecule has 0 aliphatic rings. The molecule has 1 rings (SSSR count). The average molecular weight is 284 g/mol. The Balaban J connectivity index is 2.46. The third-order valence-electron chi connectivity index (χ3n) is 3.10. The van der Waals surface area contributed by atoms with Crippen LogP contribution >= 0.6 is 11.6 Å². The Morgan fingerprint density at radius 3 is 2.63 bits per heavy atom. The third-order valence-corrected chi connectivity index (χ3v) is 3.29. The number of halogens is 1. The normalized spacial score (nSPS) is 12.4. The van der Waals surface area contributed by atoms with Crippen LogP contribution in [0.1, 0.15) is 65.1 Å². The van der Waals surface area contributed by atoms with Crippen LogP contribution in [0.4, 0.5) is 5.82 Å². The molecule has 0 radical (unpaired) electrons. The van der Waals surface area contributed by atoms with Gasteiger partial charge >= 0.3 is 0 Å². The van der Waals surface area contributed by atoms with Crippen LogP contribution in [0, 0.1) is 0 Å². The molecule has 0 bridgehead atoms. The molecule has 0 saturated heterocycles.